The third-order valence-electron chi connectivity index (χ3n) is 4.26. The summed E-state index contributed by atoms with van der Waals surface area (Å²) < 4.78 is 0. The Morgan fingerprint density at radius 2 is 1.38 bits per heavy atom. The lowest BCUT2D eigenvalue weighted by Crippen LogP contribution is -2.09. The van der Waals surface area contributed by atoms with Crippen LogP contribution < -0.4 is 15.5 Å². The summed E-state index contributed by atoms with van der Waals surface area (Å²) in [6, 6.07) is 26.2. The predicted octanol–water partition coefficient (Wildman–Crippen LogP) is 6.03. The lowest BCUT2D eigenvalue weighted by Gasteiger charge is -2.15. The van der Waals surface area contributed by atoms with Crippen LogP contribution in [0.3, 0.4) is 0 Å². The Labute approximate surface area is 183 Å². The predicted molar refractivity (Wildman–Crippen MR) is 128 cm³/mol. The van der Waals surface area contributed by atoms with Crippen LogP contribution in [0.5, 0.6) is 0 Å². The minimum atomic E-state index is 0. The largest absolute Gasteiger partial charge is 0.378 e. The Kier molecular flexibility index (Phi) is 7.65. The molecular weight excluding hydrogens is 405 g/mol. The molecule has 0 radical (unpaired) electrons. The molecule has 29 heavy (non-hydrogen) atoms. The van der Waals surface area contributed by atoms with E-state index >= 15 is 0 Å². The second-order valence-corrected chi connectivity index (χ2v) is 6.47. The molecule has 0 fully saturated rings. The summed E-state index contributed by atoms with van der Waals surface area (Å²) in [5, 5.41) is 7.71. The lowest BCUT2D eigenvalue weighted by molar-refractivity contribution is 1.13. The van der Waals surface area contributed by atoms with Crippen molar-refractivity contribution >= 4 is 64.5 Å². The van der Waals surface area contributed by atoms with Gasteiger partial charge in [-0.25, -0.2) is 4.98 Å². The number of nitrogens with zero attached hydrogens (tertiary/aromatic N) is 3. The standard InChI is InChI=1S/C22H21N5.2ClH/c1-27(2)18-12-8-11-17(15-18)24-22-25-20-14-7-6-13-19(20)21(26-22)23-16-9-4-3-5-10-16;;/h3-15H,1-2H3,(H2,23,24,25,26);2*1H. The van der Waals surface area contributed by atoms with Crippen LogP contribution in [0.1, 0.15) is 0 Å². The van der Waals surface area contributed by atoms with Gasteiger partial charge < -0.3 is 15.5 Å². The molecule has 0 saturated heterocycles. The van der Waals surface area contributed by atoms with Crippen molar-refractivity contribution in [1.82, 2.24) is 9.97 Å². The fraction of sp³-hybridized carbons (Fsp3) is 0.0909. The molecule has 1 heterocycles. The van der Waals surface area contributed by atoms with Gasteiger partial charge in [-0.2, -0.15) is 4.98 Å². The number of para-hydroxylation sites is 2. The van der Waals surface area contributed by atoms with Gasteiger partial charge in [0.2, 0.25) is 5.95 Å². The highest BCUT2D eigenvalue weighted by Crippen LogP contribution is 2.27. The third kappa shape index (κ3) is 5.28. The van der Waals surface area contributed by atoms with Gasteiger partial charge in [0, 0.05) is 36.5 Å². The molecule has 0 spiro atoms. The maximum atomic E-state index is 4.72. The number of aromatic nitrogens is 2. The molecule has 0 aliphatic heterocycles. The fourth-order valence-corrected chi connectivity index (χ4v) is 2.88. The quantitative estimate of drug-likeness (QED) is 0.407. The van der Waals surface area contributed by atoms with Crippen molar-refractivity contribution in [2.45, 2.75) is 0 Å². The summed E-state index contributed by atoms with van der Waals surface area (Å²) in [6.45, 7) is 0. The number of fused-ring (bicyclic) bond motifs is 1. The molecular formula is C22H23Cl2N5. The average Bonchev–Trinajstić information content (AvgIpc) is 2.69. The number of nitrogens with one attached hydrogen (secondary N) is 2. The molecule has 0 aliphatic carbocycles. The fourth-order valence-electron chi connectivity index (χ4n) is 2.88. The minimum absolute atomic E-state index is 0. The van der Waals surface area contributed by atoms with E-state index in [0.717, 1.165) is 33.8 Å². The third-order valence-corrected chi connectivity index (χ3v) is 4.26. The SMILES string of the molecule is CN(C)c1cccc(Nc2nc(Nc3ccccc3)c3ccccc3n2)c1.Cl.Cl. The molecule has 4 rings (SSSR count). The zero-order valence-electron chi connectivity index (χ0n) is 16.2. The van der Waals surface area contributed by atoms with E-state index in [-0.39, 0.29) is 24.8 Å². The molecule has 1 aromatic heterocycles. The van der Waals surface area contributed by atoms with E-state index in [1.165, 1.54) is 0 Å². The number of anilines is 5. The summed E-state index contributed by atoms with van der Waals surface area (Å²) in [6.07, 6.45) is 0. The van der Waals surface area contributed by atoms with Crippen LogP contribution in [0.4, 0.5) is 28.8 Å². The van der Waals surface area contributed by atoms with Crippen molar-refractivity contribution in [3.05, 3.63) is 78.9 Å². The molecule has 3 aromatic carbocycles. The highest BCUT2D eigenvalue weighted by Gasteiger charge is 2.09. The summed E-state index contributed by atoms with van der Waals surface area (Å²) in [4.78, 5) is 11.5. The highest BCUT2D eigenvalue weighted by atomic mass is 35.5. The molecule has 7 heteroatoms. The van der Waals surface area contributed by atoms with Gasteiger partial charge in [-0.05, 0) is 42.5 Å². The van der Waals surface area contributed by atoms with Crippen LogP contribution in [-0.2, 0) is 0 Å². The van der Waals surface area contributed by atoms with Crippen LogP contribution >= 0.6 is 24.8 Å². The number of benzene rings is 3. The molecule has 4 aromatic rings. The van der Waals surface area contributed by atoms with Gasteiger partial charge in [0.1, 0.15) is 5.82 Å². The first-order valence-electron chi connectivity index (χ1n) is 8.82. The first-order valence-corrected chi connectivity index (χ1v) is 8.82. The Morgan fingerprint density at radius 1 is 0.690 bits per heavy atom. The Hall–Kier alpha value is -3.02. The second kappa shape index (κ2) is 9.96. The molecule has 0 bridgehead atoms. The zero-order valence-corrected chi connectivity index (χ0v) is 17.8. The number of hydrogen-bond donors (Lipinski definition) is 2. The Balaban J connectivity index is 0.00000150. The van der Waals surface area contributed by atoms with Gasteiger partial charge in [0.25, 0.3) is 0 Å². The van der Waals surface area contributed by atoms with E-state index in [1.54, 1.807) is 0 Å². The van der Waals surface area contributed by atoms with Crippen LogP contribution in [0.25, 0.3) is 10.9 Å². The van der Waals surface area contributed by atoms with Crippen LogP contribution in [-0.4, -0.2) is 24.1 Å². The maximum Gasteiger partial charge on any atom is 0.229 e. The number of rotatable bonds is 5. The van der Waals surface area contributed by atoms with Crippen molar-refractivity contribution in [3.63, 3.8) is 0 Å². The molecule has 5 nitrogen and oxygen atoms in total. The summed E-state index contributed by atoms with van der Waals surface area (Å²) in [7, 11) is 4.04. The topological polar surface area (TPSA) is 53.1 Å². The van der Waals surface area contributed by atoms with Crippen LogP contribution in [0, 0.1) is 0 Å². The summed E-state index contributed by atoms with van der Waals surface area (Å²) >= 11 is 0. The van der Waals surface area contributed by atoms with Crippen molar-refractivity contribution in [2.75, 3.05) is 29.6 Å². The monoisotopic (exact) mass is 427 g/mol. The molecule has 0 amide bonds. The second-order valence-electron chi connectivity index (χ2n) is 6.47. The average molecular weight is 428 g/mol. The normalized spacial score (nSPS) is 9.86. The smallest absolute Gasteiger partial charge is 0.229 e. The van der Waals surface area contributed by atoms with Gasteiger partial charge in [0.15, 0.2) is 0 Å². The van der Waals surface area contributed by atoms with Gasteiger partial charge >= 0.3 is 0 Å². The molecule has 150 valence electrons. The molecule has 2 N–H and O–H groups in total. The van der Waals surface area contributed by atoms with Gasteiger partial charge in [-0.15, -0.1) is 24.8 Å². The van der Waals surface area contributed by atoms with Crippen LogP contribution in [0.2, 0.25) is 0 Å². The Morgan fingerprint density at radius 3 is 2.14 bits per heavy atom. The van der Waals surface area contributed by atoms with Gasteiger partial charge in [-0.3, -0.25) is 0 Å². The molecule has 0 saturated carbocycles. The Bertz CT molecular complexity index is 1070. The summed E-state index contributed by atoms with van der Waals surface area (Å²) in [5.74, 6) is 1.33. The number of hydrogen-bond acceptors (Lipinski definition) is 5. The van der Waals surface area contributed by atoms with E-state index < -0.39 is 0 Å². The van der Waals surface area contributed by atoms with E-state index in [1.807, 2.05) is 80.8 Å². The van der Waals surface area contributed by atoms with Crippen LogP contribution in [0.15, 0.2) is 78.9 Å². The maximum absolute atomic E-state index is 4.72. The first-order chi connectivity index (χ1) is 13.2. The first kappa shape index (κ1) is 22.3. The lowest BCUT2D eigenvalue weighted by atomic mass is 10.2. The van der Waals surface area contributed by atoms with E-state index in [2.05, 4.69) is 32.7 Å². The van der Waals surface area contributed by atoms with Crippen molar-refractivity contribution in [1.29, 1.82) is 0 Å². The van der Waals surface area contributed by atoms with E-state index in [4.69, 9.17) is 4.98 Å². The van der Waals surface area contributed by atoms with Crippen molar-refractivity contribution in [3.8, 4) is 0 Å². The van der Waals surface area contributed by atoms with E-state index in [0.29, 0.717) is 5.95 Å². The van der Waals surface area contributed by atoms with Gasteiger partial charge in [-0.1, -0.05) is 36.4 Å². The minimum Gasteiger partial charge on any atom is -0.378 e. The van der Waals surface area contributed by atoms with E-state index in [9.17, 15) is 0 Å². The molecule has 0 atom stereocenters. The molecule has 0 aliphatic rings. The van der Waals surface area contributed by atoms with Gasteiger partial charge in [0.05, 0.1) is 5.52 Å². The molecule has 0 unspecified atom stereocenters. The number of halogens is 2. The van der Waals surface area contributed by atoms with Crippen molar-refractivity contribution < 1.29 is 0 Å². The van der Waals surface area contributed by atoms with Crippen molar-refractivity contribution in [2.24, 2.45) is 0 Å². The highest BCUT2D eigenvalue weighted by molar-refractivity contribution is 5.92. The zero-order chi connectivity index (χ0) is 18.6. The summed E-state index contributed by atoms with van der Waals surface area (Å²) in [5.41, 5.74) is 3.93.